The zero-order valence-electron chi connectivity index (χ0n) is 16.7. The van der Waals surface area contributed by atoms with E-state index in [4.69, 9.17) is 21.1 Å². The Balaban J connectivity index is 2.07. The van der Waals surface area contributed by atoms with E-state index < -0.39 is 11.9 Å². The SMILES string of the molecule is COCCOC(=O)C1=C(C)NC2=C(C(=O)CC(C)(C)C2)[C@H]1c1ccc(Cl)cc1. The fraction of sp³-hybridized carbons (Fsp3) is 0.455. The van der Waals surface area contributed by atoms with Crippen LogP contribution in [0.2, 0.25) is 5.02 Å². The van der Waals surface area contributed by atoms with Crippen molar-refractivity contribution >= 4 is 23.4 Å². The van der Waals surface area contributed by atoms with Gasteiger partial charge in [-0.05, 0) is 36.5 Å². The van der Waals surface area contributed by atoms with Crippen LogP contribution in [0.25, 0.3) is 0 Å². The van der Waals surface area contributed by atoms with Gasteiger partial charge in [0.1, 0.15) is 6.61 Å². The van der Waals surface area contributed by atoms with Crippen molar-refractivity contribution in [1.82, 2.24) is 5.32 Å². The summed E-state index contributed by atoms with van der Waals surface area (Å²) in [5.74, 6) is -0.841. The Morgan fingerprint density at radius 1 is 1.21 bits per heavy atom. The molecule has 28 heavy (non-hydrogen) atoms. The number of methoxy groups -OCH3 is 1. The molecule has 1 heterocycles. The van der Waals surface area contributed by atoms with Crippen LogP contribution in [0.4, 0.5) is 0 Å². The van der Waals surface area contributed by atoms with Crippen molar-refractivity contribution in [2.75, 3.05) is 20.3 Å². The number of carbonyl (C=O) groups excluding carboxylic acids is 2. The van der Waals surface area contributed by atoms with E-state index in [0.717, 1.165) is 17.7 Å². The highest BCUT2D eigenvalue weighted by Gasteiger charge is 2.43. The summed E-state index contributed by atoms with van der Waals surface area (Å²) in [5, 5.41) is 3.92. The number of ketones is 1. The Kier molecular flexibility index (Phi) is 5.96. The lowest BCUT2D eigenvalue weighted by atomic mass is 9.68. The fourth-order valence-electron chi connectivity index (χ4n) is 3.99. The lowest BCUT2D eigenvalue weighted by Crippen LogP contribution is -2.38. The molecule has 150 valence electrons. The van der Waals surface area contributed by atoms with E-state index in [1.54, 1.807) is 19.2 Å². The summed E-state index contributed by atoms with van der Waals surface area (Å²) in [7, 11) is 1.55. The van der Waals surface area contributed by atoms with Crippen LogP contribution in [-0.2, 0) is 19.1 Å². The van der Waals surface area contributed by atoms with Gasteiger partial charge in [0.15, 0.2) is 5.78 Å². The van der Waals surface area contributed by atoms with Crippen LogP contribution >= 0.6 is 11.6 Å². The zero-order chi connectivity index (χ0) is 20.5. The molecule has 0 saturated carbocycles. The average molecular weight is 404 g/mol. The second kappa shape index (κ2) is 8.10. The number of hydrogen-bond acceptors (Lipinski definition) is 5. The van der Waals surface area contributed by atoms with Gasteiger partial charge < -0.3 is 14.8 Å². The number of Topliss-reactive ketones (excluding diaryl/α,β-unsaturated/α-hetero) is 1. The molecular weight excluding hydrogens is 378 g/mol. The molecule has 3 rings (SSSR count). The second-order valence-corrected chi connectivity index (χ2v) is 8.55. The van der Waals surface area contributed by atoms with Gasteiger partial charge in [0, 0.05) is 41.4 Å². The summed E-state index contributed by atoms with van der Waals surface area (Å²) >= 11 is 6.06. The molecule has 2 aliphatic rings. The predicted molar refractivity (Wildman–Crippen MR) is 108 cm³/mol. The standard InChI is InChI=1S/C22H26ClNO4/c1-13-18(21(26)28-10-9-27-4)19(14-5-7-15(23)8-6-14)20-16(24-13)11-22(2,3)12-17(20)25/h5-8,19,24H,9-12H2,1-4H3/t19-/m0/s1. The first kappa shape index (κ1) is 20.6. The van der Waals surface area contributed by atoms with Gasteiger partial charge in [-0.15, -0.1) is 0 Å². The smallest absolute Gasteiger partial charge is 0.336 e. The first-order valence-electron chi connectivity index (χ1n) is 9.39. The number of esters is 1. The van der Waals surface area contributed by atoms with Crippen molar-refractivity contribution in [3.05, 3.63) is 57.4 Å². The van der Waals surface area contributed by atoms with E-state index in [1.165, 1.54) is 0 Å². The maximum absolute atomic E-state index is 13.1. The first-order chi connectivity index (χ1) is 13.2. The van der Waals surface area contributed by atoms with E-state index in [2.05, 4.69) is 19.2 Å². The molecule has 0 radical (unpaired) electrons. The van der Waals surface area contributed by atoms with Gasteiger partial charge in [-0.2, -0.15) is 0 Å². The van der Waals surface area contributed by atoms with E-state index in [-0.39, 0.29) is 17.8 Å². The molecule has 0 spiro atoms. The minimum Gasteiger partial charge on any atom is -0.460 e. The Morgan fingerprint density at radius 3 is 2.54 bits per heavy atom. The summed E-state index contributed by atoms with van der Waals surface area (Å²) in [4.78, 5) is 26.0. The molecule has 0 saturated heterocycles. The third kappa shape index (κ3) is 4.15. The number of ether oxygens (including phenoxy) is 2. The van der Waals surface area contributed by atoms with Crippen LogP contribution in [0.3, 0.4) is 0 Å². The van der Waals surface area contributed by atoms with Crippen LogP contribution in [-0.4, -0.2) is 32.1 Å². The Labute approximate surface area is 170 Å². The van der Waals surface area contributed by atoms with Gasteiger partial charge >= 0.3 is 5.97 Å². The number of hydrogen-bond donors (Lipinski definition) is 1. The number of rotatable bonds is 5. The Morgan fingerprint density at radius 2 is 1.89 bits per heavy atom. The second-order valence-electron chi connectivity index (χ2n) is 8.11. The number of nitrogens with one attached hydrogen (secondary N) is 1. The maximum atomic E-state index is 13.1. The molecule has 6 heteroatoms. The molecule has 0 unspecified atom stereocenters. The number of benzene rings is 1. The van der Waals surface area contributed by atoms with Crippen LogP contribution in [0, 0.1) is 5.41 Å². The predicted octanol–water partition coefficient (Wildman–Crippen LogP) is 4.13. The number of carbonyl (C=O) groups is 2. The van der Waals surface area contributed by atoms with E-state index in [0.29, 0.717) is 34.9 Å². The van der Waals surface area contributed by atoms with Crippen LogP contribution in [0.1, 0.15) is 45.1 Å². The highest BCUT2D eigenvalue weighted by atomic mass is 35.5. The lowest BCUT2D eigenvalue weighted by molar-refractivity contribution is -0.140. The molecule has 1 aromatic rings. The van der Waals surface area contributed by atoms with Crippen molar-refractivity contribution in [1.29, 1.82) is 0 Å². The minimum atomic E-state index is -0.466. The molecule has 1 aromatic carbocycles. The van der Waals surface area contributed by atoms with Crippen LogP contribution in [0.5, 0.6) is 0 Å². The third-order valence-electron chi connectivity index (χ3n) is 5.18. The van der Waals surface area contributed by atoms with Gasteiger partial charge in [-0.1, -0.05) is 37.6 Å². The fourth-order valence-corrected chi connectivity index (χ4v) is 4.12. The number of dihydropyridines is 1. The third-order valence-corrected chi connectivity index (χ3v) is 5.44. The molecule has 1 aliphatic heterocycles. The number of halogens is 1. The largest absolute Gasteiger partial charge is 0.460 e. The quantitative estimate of drug-likeness (QED) is 0.591. The van der Waals surface area contributed by atoms with Crippen molar-refractivity contribution in [3.63, 3.8) is 0 Å². The summed E-state index contributed by atoms with van der Waals surface area (Å²) < 4.78 is 10.4. The van der Waals surface area contributed by atoms with Crippen LogP contribution in [0.15, 0.2) is 46.8 Å². The Bertz CT molecular complexity index is 852. The summed E-state index contributed by atoms with van der Waals surface area (Å²) in [5.41, 5.74) is 3.46. The average Bonchev–Trinajstić information content (AvgIpc) is 2.60. The molecule has 0 fully saturated rings. The van der Waals surface area contributed by atoms with Crippen molar-refractivity contribution in [2.45, 2.75) is 39.5 Å². The molecule has 1 aliphatic carbocycles. The zero-order valence-corrected chi connectivity index (χ0v) is 17.5. The number of allylic oxidation sites excluding steroid dienone is 3. The normalized spacial score (nSPS) is 21.3. The molecule has 0 aromatic heterocycles. The summed E-state index contributed by atoms with van der Waals surface area (Å²) in [6, 6.07) is 7.29. The molecule has 0 amide bonds. The van der Waals surface area contributed by atoms with E-state index >= 15 is 0 Å². The summed E-state index contributed by atoms with van der Waals surface area (Å²) in [6.07, 6.45) is 1.20. The topological polar surface area (TPSA) is 64.6 Å². The molecule has 1 N–H and O–H groups in total. The van der Waals surface area contributed by atoms with Crippen molar-refractivity contribution < 1.29 is 19.1 Å². The van der Waals surface area contributed by atoms with E-state index in [9.17, 15) is 9.59 Å². The van der Waals surface area contributed by atoms with Crippen LogP contribution < -0.4 is 5.32 Å². The van der Waals surface area contributed by atoms with Gasteiger partial charge in [0.2, 0.25) is 0 Å². The maximum Gasteiger partial charge on any atom is 0.336 e. The van der Waals surface area contributed by atoms with Crippen molar-refractivity contribution in [3.8, 4) is 0 Å². The Hall–Kier alpha value is -2.11. The van der Waals surface area contributed by atoms with Gasteiger partial charge in [0.25, 0.3) is 0 Å². The molecule has 0 bridgehead atoms. The first-order valence-corrected chi connectivity index (χ1v) is 9.77. The molecule has 5 nitrogen and oxygen atoms in total. The summed E-state index contributed by atoms with van der Waals surface area (Å²) in [6.45, 7) is 6.50. The lowest BCUT2D eigenvalue weighted by Gasteiger charge is -2.39. The molecular formula is C22H26ClNO4. The monoisotopic (exact) mass is 403 g/mol. The van der Waals surface area contributed by atoms with E-state index in [1.807, 2.05) is 19.1 Å². The molecule has 1 atom stereocenters. The van der Waals surface area contributed by atoms with Crippen molar-refractivity contribution in [2.24, 2.45) is 5.41 Å². The van der Waals surface area contributed by atoms with Gasteiger partial charge in [-0.3, -0.25) is 4.79 Å². The highest BCUT2D eigenvalue weighted by molar-refractivity contribution is 6.30. The van der Waals surface area contributed by atoms with Gasteiger partial charge in [0.05, 0.1) is 12.2 Å². The van der Waals surface area contributed by atoms with Gasteiger partial charge in [-0.25, -0.2) is 4.79 Å². The minimum absolute atomic E-state index is 0.0633. The highest BCUT2D eigenvalue weighted by Crippen LogP contribution is 2.46.